The molecule has 1 aromatic rings. The minimum atomic E-state index is -0.0665. The van der Waals surface area contributed by atoms with Crippen LogP contribution in [-0.4, -0.2) is 35.1 Å². The second-order valence-corrected chi connectivity index (χ2v) is 4.71. The maximum absolute atomic E-state index is 12.3. The van der Waals surface area contributed by atoms with Gasteiger partial charge in [0.15, 0.2) is 0 Å². The summed E-state index contributed by atoms with van der Waals surface area (Å²) < 4.78 is 0. The summed E-state index contributed by atoms with van der Waals surface area (Å²) in [5, 5.41) is 9.60. The molecule has 94 valence electrons. The zero-order valence-electron chi connectivity index (χ0n) is 10.4. The fourth-order valence-electron chi connectivity index (χ4n) is 1.72. The zero-order valence-corrected chi connectivity index (χ0v) is 11.2. The summed E-state index contributed by atoms with van der Waals surface area (Å²) in [6.45, 7) is 6.03. The van der Waals surface area contributed by atoms with E-state index < -0.39 is 0 Å². The molecule has 0 aliphatic heterocycles. The first-order valence-electron chi connectivity index (χ1n) is 5.65. The number of hydrogen-bond acceptors (Lipinski definition) is 2. The molecule has 0 aromatic heterocycles. The first-order chi connectivity index (χ1) is 7.97. The molecule has 0 bridgehead atoms. The largest absolute Gasteiger partial charge is 0.395 e. The number of halogens is 1. The maximum atomic E-state index is 12.3. The van der Waals surface area contributed by atoms with Crippen molar-refractivity contribution in [2.75, 3.05) is 13.2 Å². The van der Waals surface area contributed by atoms with Gasteiger partial charge >= 0.3 is 0 Å². The van der Waals surface area contributed by atoms with Gasteiger partial charge in [0.1, 0.15) is 0 Å². The van der Waals surface area contributed by atoms with Crippen molar-refractivity contribution in [3.63, 3.8) is 0 Å². The number of carbonyl (C=O) groups is 1. The van der Waals surface area contributed by atoms with E-state index in [9.17, 15) is 4.79 Å². The molecule has 0 radical (unpaired) electrons. The molecule has 0 spiro atoms. The lowest BCUT2D eigenvalue weighted by Gasteiger charge is -2.26. The fourth-order valence-corrected chi connectivity index (χ4v) is 1.95. The van der Waals surface area contributed by atoms with Crippen LogP contribution in [0.3, 0.4) is 0 Å². The summed E-state index contributed by atoms with van der Waals surface area (Å²) in [6.07, 6.45) is 0. The SMILES string of the molecule is Cc1cc(Cl)ccc1C(=O)N(CCO)C(C)C. The summed E-state index contributed by atoms with van der Waals surface area (Å²) >= 11 is 5.86. The maximum Gasteiger partial charge on any atom is 0.254 e. The number of benzene rings is 1. The lowest BCUT2D eigenvalue weighted by Crippen LogP contribution is -2.39. The van der Waals surface area contributed by atoms with Crippen LogP contribution in [0.1, 0.15) is 29.8 Å². The van der Waals surface area contributed by atoms with Gasteiger partial charge in [-0.25, -0.2) is 0 Å². The number of aliphatic hydroxyl groups is 1. The first kappa shape index (κ1) is 14.0. The van der Waals surface area contributed by atoms with Crippen LogP contribution < -0.4 is 0 Å². The standard InChI is InChI=1S/C13H18ClNO2/c1-9(2)15(6-7-16)13(17)12-5-4-11(14)8-10(12)3/h4-5,8-9,16H,6-7H2,1-3H3. The average molecular weight is 256 g/mol. The Balaban J connectivity index is 3.01. The van der Waals surface area contributed by atoms with E-state index in [-0.39, 0.29) is 18.6 Å². The fraction of sp³-hybridized carbons (Fsp3) is 0.462. The summed E-state index contributed by atoms with van der Waals surface area (Å²) in [5.41, 5.74) is 1.49. The van der Waals surface area contributed by atoms with Crippen molar-refractivity contribution in [2.24, 2.45) is 0 Å². The number of nitrogens with zero attached hydrogens (tertiary/aromatic N) is 1. The van der Waals surface area contributed by atoms with Gasteiger partial charge in [0.25, 0.3) is 5.91 Å². The predicted octanol–water partition coefficient (Wildman–Crippen LogP) is 2.49. The van der Waals surface area contributed by atoms with Gasteiger partial charge in [-0.15, -0.1) is 0 Å². The van der Waals surface area contributed by atoms with Gasteiger partial charge in [-0.2, -0.15) is 0 Å². The second-order valence-electron chi connectivity index (χ2n) is 4.28. The van der Waals surface area contributed by atoms with Gasteiger partial charge < -0.3 is 10.0 Å². The average Bonchev–Trinajstić information content (AvgIpc) is 2.24. The van der Waals surface area contributed by atoms with Crippen molar-refractivity contribution < 1.29 is 9.90 Å². The van der Waals surface area contributed by atoms with E-state index in [1.165, 1.54) is 0 Å². The molecule has 0 saturated heterocycles. The van der Waals surface area contributed by atoms with Crippen LogP contribution >= 0.6 is 11.6 Å². The van der Waals surface area contributed by atoms with Crippen LogP contribution in [-0.2, 0) is 0 Å². The van der Waals surface area contributed by atoms with Gasteiger partial charge in [-0.1, -0.05) is 11.6 Å². The van der Waals surface area contributed by atoms with Crippen molar-refractivity contribution in [1.29, 1.82) is 0 Å². The summed E-state index contributed by atoms with van der Waals surface area (Å²) in [5.74, 6) is -0.0665. The van der Waals surface area contributed by atoms with Crippen LogP contribution in [0.15, 0.2) is 18.2 Å². The van der Waals surface area contributed by atoms with Crippen LogP contribution in [0, 0.1) is 6.92 Å². The summed E-state index contributed by atoms with van der Waals surface area (Å²) in [4.78, 5) is 13.9. The molecule has 0 unspecified atom stereocenters. The van der Waals surface area contributed by atoms with E-state index in [1.807, 2.05) is 20.8 Å². The molecule has 1 N–H and O–H groups in total. The Kier molecular flexibility index (Phi) is 4.97. The topological polar surface area (TPSA) is 40.5 Å². The van der Waals surface area contributed by atoms with E-state index in [1.54, 1.807) is 23.1 Å². The lowest BCUT2D eigenvalue weighted by atomic mass is 10.1. The molecule has 4 heteroatoms. The normalized spacial score (nSPS) is 10.7. The number of amides is 1. The Morgan fingerprint density at radius 3 is 2.59 bits per heavy atom. The molecular formula is C13H18ClNO2. The van der Waals surface area contributed by atoms with Crippen LogP contribution in [0.5, 0.6) is 0 Å². The highest BCUT2D eigenvalue weighted by atomic mass is 35.5. The van der Waals surface area contributed by atoms with Gasteiger partial charge in [0.05, 0.1) is 6.61 Å². The molecule has 17 heavy (non-hydrogen) atoms. The van der Waals surface area contributed by atoms with E-state index in [4.69, 9.17) is 16.7 Å². The van der Waals surface area contributed by atoms with Gasteiger partial charge in [0.2, 0.25) is 0 Å². The first-order valence-corrected chi connectivity index (χ1v) is 6.03. The molecule has 1 rings (SSSR count). The lowest BCUT2D eigenvalue weighted by molar-refractivity contribution is 0.0664. The zero-order chi connectivity index (χ0) is 13.0. The Labute approximate surface area is 107 Å². The number of aliphatic hydroxyl groups excluding tert-OH is 1. The monoisotopic (exact) mass is 255 g/mol. The molecule has 1 aromatic carbocycles. The highest BCUT2D eigenvalue weighted by molar-refractivity contribution is 6.30. The third kappa shape index (κ3) is 3.45. The molecule has 0 saturated carbocycles. The number of carbonyl (C=O) groups excluding carboxylic acids is 1. The van der Waals surface area contributed by atoms with Gasteiger partial charge in [0, 0.05) is 23.2 Å². The Morgan fingerprint density at radius 2 is 2.12 bits per heavy atom. The molecule has 0 aliphatic carbocycles. The van der Waals surface area contributed by atoms with Gasteiger partial charge in [-0.3, -0.25) is 4.79 Å². The van der Waals surface area contributed by atoms with Crippen molar-refractivity contribution in [2.45, 2.75) is 26.8 Å². The highest BCUT2D eigenvalue weighted by Gasteiger charge is 2.19. The van der Waals surface area contributed by atoms with Crippen molar-refractivity contribution in [1.82, 2.24) is 4.90 Å². The van der Waals surface area contributed by atoms with Crippen molar-refractivity contribution in [3.05, 3.63) is 34.3 Å². The van der Waals surface area contributed by atoms with E-state index in [2.05, 4.69) is 0 Å². The molecular weight excluding hydrogens is 238 g/mol. The molecule has 0 fully saturated rings. The molecule has 3 nitrogen and oxygen atoms in total. The number of hydrogen-bond donors (Lipinski definition) is 1. The molecule has 0 atom stereocenters. The summed E-state index contributed by atoms with van der Waals surface area (Å²) in [7, 11) is 0. The van der Waals surface area contributed by atoms with Crippen molar-refractivity contribution >= 4 is 17.5 Å². The highest BCUT2D eigenvalue weighted by Crippen LogP contribution is 2.17. The molecule has 0 heterocycles. The number of rotatable bonds is 4. The van der Waals surface area contributed by atoms with E-state index >= 15 is 0 Å². The van der Waals surface area contributed by atoms with Crippen LogP contribution in [0.4, 0.5) is 0 Å². The predicted molar refractivity (Wildman–Crippen MR) is 69.4 cm³/mol. The number of aryl methyl sites for hydroxylation is 1. The quantitative estimate of drug-likeness (QED) is 0.898. The Bertz CT molecular complexity index is 404. The van der Waals surface area contributed by atoms with Crippen LogP contribution in [0.2, 0.25) is 5.02 Å². The van der Waals surface area contributed by atoms with E-state index in [0.29, 0.717) is 17.1 Å². The second kappa shape index (κ2) is 6.03. The van der Waals surface area contributed by atoms with Gasteiger partial charge in [-0.05, 0) is 44.5 Å². The minimum absolute atomic E-state index is 0.0312. The third-order valence-corrected chi connectivity index (χ3v) is 2.88. The molecule has 1 amide bonds. The Morgan fingerprint density at radius 1 is 1.47 bits per heavy atom. The molecule has 0 aliphatic rings. The third-order valence-electron chi connectivity index (χ3n) is 2.64. The Hall–Kier alpha value is -1.06. The van der Waals surface area contributed by atoms with E-state index in [0.717, 1.165) is 5.56 Å². The minimum Gasteiger partial charge on any atom is -0.395 e. The van der Waals surface area contributed by atoms with Crippen LogP contribution in [0.25, 0.3) is 0 Å². The van der Waals surface area contributed by atoms with Crippen molar-refractivity contribution in [3.8, 4) is 0 Å². The summed E-state index contributed by atoms with van der Waals surface area (Å²) in [6, 6.07) is 5.27. The smallest absolute Gasteiger partial charge is 0.254 e.